The van der Waals surface area contributed by atoms with Gasteiger partial charge in [-0.1, -0.05) is 0 Å². The van der Waals surface area contributed by atoms with Gasteiger partial charge in [0.05, 0.1) is 0 Å². The normalized spacial score (nSPS) is 0. The SMILES string of the molecule is [CH3-].[Co].[Cr].[W]. The fourth-order valence-corrected chi connectivity index (χ4v) is 0. The van der Waals surface area contributed by atoms with E-state index in [2.05, 4.69) is 0 Å². The molecule has 0 fully saturated rings. The van der Waals surface area contributed by atoms with Crippen LogP contribution >= 0.6 is 0 Å². The maximum atomic E-state index is 0. The molecule has 0 aromatic heterocycles. The molecule has 0 aliphatic heterocycles. The van der Waals surface area contributed by atoms with Crippen molar-refractivity contribution in [3.8, 4) is 0 Å². The third-order valence-corrected chi connectivity index (χ3v) is 0. The second-order valence-corrected chi connectivity index (χ2v) is 0. The van der Waals surface area contributed by atoms with Gasteiger partial charge in [-0.2, -0.15) is 0 Å². The molecule has 4 heavy (non-hydrogen) atoms. The van der Waals surface area contributed by atoms with Gasteiger partial charge in [0.1, 0.15) is 0 Å². The van der Waals surface area contributed by atoms with Crippen molar-refractivity contribution in [1.29, 1.82) is 0 Å². The monoisotopic (exact) mass is 310 g/mol. The molecule has 0 saturated carbocycles. The maximum absolute atomic E-state index is 0. The van der Waals surface area contributed by atoms with Gasteiger partial charge in [-0.25, -0.2) is 0 Å². The first-order valence-corrected chi connectivity index (χ1v) is 0. The summed E-state index contributed by atoms with van der Waals surface area (Å²) in [7, 11) is 0. The van der Waals surface area contributed by atoms with Crippen molar-refractivity contribution in [2.75, 3.05) is 0 Å². The smallest absolute Gasteiger partial charge is 0 e. The van der Waals surface area contributed by atoms with E-state index in [4.69, 9.17) is 0 Å². The van der Waals surface area contributed by atoms with E-state index >= 15 is 0 Å². The quantitative estimate of drug-likeness (QED) is 0.570. The van der Waals surface area contributed by atoms with Crippen LogP contribution in [0.2, 0.25) is 0 Å². The van der Waals surface area contributed by atoms with Gasteiger partial charge in [-0.3, -0.25) is 0 Å². The molecular formula is CH3CoCrW-. The van der Waals surface area contributed by atoms with Crippen molar-refractivity contribution >= 4 is 0 Å². The fraction of sp³-hybridized carbons (Fsp3) is 0. The van der Waals surface area contributed by atoms with Crippen LogP contribution in [-0.2, 0) is 55.2 Å². The molecule has 0 nitrogen and oxygen atoms in total. The second kappa shape index (κ2) is 22.0. The van der Waals surface area contributed by atoms with E-state index < -0.39 is 0 Å². The first-order chi connectivity index (χ1) is 0. The third kappa shape index (κ3) is 9.29. The Morgan fingerprint density at radius 1 is 1.00 bits per heavy atom. The summed E-state index contributed by atoms with van der Waals surface area (Å²) in [6.07, 6.45) is 0. The Balaban J connectivity index is 0. The molecule has 1 radical (unpaired) electrons. The fourth-order valence-electron chi connectivity index (χ4n) is 0. The zero-order valence-corrected chi connectivity index (χ0v) is 7.40. The molecule has 0 bridgehead atoms. The summed E-state index contributed by atoms with van der Waals surface area (Å²) in [6, 6.07) is 0. The summed E-state index contributed by atoms with van der Waals surface area (Å²) >= 11 is 0. The number of rotatable bonds is 0. The van der Waals surface area contributed by atoms with Gasteiger partial charge in [0.2, 0.25) is 0 Å². The molecular weight excluding hydrogens is 307 g/mol. The number of hydrogen-bond donors (Lipinski definition) is 0. The Labute approximate surface area is 62.3 Å². The molecule has 0 amide bonds. The minimum atomic E-state index is 0. The summed E-state index contributed by atoms with van der Waals surface area (Å²) < 4.78 is 0. The molecule has 0 saturated heterocycles. The van der Waals surface area contributed by atoms with E-state index in [0.29, 0.717) is 0 Å². The van der Waals surface area contributed by atoms with Gasteiger partial charge >= 0.3 is 0 Å². The van der Waals surface area contributed by atoms with E-state index in [0.717, 1.165) is 0 Å². The Kier molecular flexibility index (Phi) is 236. The standard InChI is InChI=1S/CH3.Co.Cr.W/h1H3;;;/q-1;;;. The van der Waals surface area contributed by atoms with Crippen LogP contribution in [0.15, 0.2) is 0 Å². The van der Waals surface area contributed by atoms with Crippen LogP contribution in [0.3, 0.4) is 0 Å². The van der Waals surface area contributed by atoms with Crippen LogP contribution in [0.4, 0.5) is 0 Å². The predicted molar refractivity (Wildman–Crippen MR) is 6.41 cm³/mol. The van der Waals surface area contributed by atoms with Crippen molar-refractivity contribution in [2.45, 2.75) is 0 Å². The zero-order valence-electron chi connectivity index (χ0n) is 2.15. The maximum Gasteiger partial charge on any atom is 0 e. The Bertz CT molecular complexity index is 8.00. The van der Waals surface area contributed by atoms with E-state index in [-0.39, 0.29) is 62.6 Å². The van der Waals surface area contributed by atoms with Crippen LogP contribution < -0.4 is 0 Å². The molecule has 0 aliphatic rings. The minimum Gasteiger partial charge on any atom is -0.358 e. The Morgan fingerprint density at radius 2 is 1.00 bits per heavy atom. The van der Waals surface area contributed by atoms with Crippen LogP contribution in [0, 0.1) is 7.43 Å². The minimum absolute atomic E-state index is 0. The van der Waals surface area contributed by atoms with Gasteiger partial charge in [0.15, 0.2) is 0 Å². The molecule has 0 spiro atoms. The van der Waals surface area contributed by atoms with Crippen LogP contribution in [0.25, 0.3) is 0 Å². The molecule has 0 N–H and O–H groups in total. The molecule has 0 heterocycles. The van der Waals surface area contributed by atoms with Crippen molar-refractivity contribution < 1.29 is 55.2 Å². The molecule has 3 heteroatoms. The van der Waals surface area contributed by atoms with Crippen molar-refractivity contribution in [1.82, 2.24) is 0 Å². The summed E-state index contributed by atoms with van der Waals surface area (Å²) in [6.45, 7) is 0. The summed E-state index contributed by atoms with van der Waals surface area (Å²) in [5, 5.41) is 0. The summed E-state index contributed by atoms with van der Waals surface area (Å²) in [5.74, 6) is 0. The first kappa shape index (κ1) is 42.9. The second-order valence-electron chi connectivity index (χ2n) is 0. The van der Waals surface area contributed by atoms with Crippen LogP contribution in [0.1, 0.15) is 0 Å². The average molecular weight is 310 g/mol. The third-order valence-electron chi connectivity index (χ3n) is 0. The van der Waals surface area contributed by atoms with Crippen LogP contribution in [0.5, 0.6) is 0 Å². The first-order valence-electron chi connectivity index (χ1n) is 0. The summed E-state index contributed by atoms with van der Waals surface area (Å²) in [4.78, 5) is 0. The van der Waals surface area contributed by atoms with Gasteiger partial charge in [0, 0.05) is 55.2 Å². The van der Waals surface area contributed by atoms with Gasteiger partial charge < -0.3 is 7.43 Å². The molecule has 0 aromatic rings. The Morgan fingerprint density at radius 3 is 1.00 bits per heavy atom. The largest absolute Gasteiger partial charge is 0.358 e. The Hall–Kier alpha value is 1.73. The summed E-state index contributed by atoms with van der Waals surface area (Å²) in [5.41, 5.74) is 0. The zero-order chi connectivity index (χ0) is 0. The predicted octanol–water partition coefficient (Wildman–Crippen LogP) is 0.443. The van der Waals surface area contributed by atoms with Gasteiger partial charge in [-0.05, 0) is 0 Å². The molecule has 0 aliphatic carbocycles. The van der Waals surface area contributed by atoms with Crippen molar-refractivity contribution in [3.05, 3.63) is 7.43 Å². The molecule has 29 valence electrons. The van der Waals surface area contributed by atoms with Crippen molar-refractivity contribution in [2.24, 2.45) is 0 Å². The number of hydrogen-bond acceptors (Lipinski definition) is 0. The molecule has 0 rings (SSSR count). The van der Waals surface area contributed by atoms with E-state index in [1.54, 1.807) is 0 Å². The van der Waals surface area contributed by atoms with E-state index in [1.165, 1.54) is 0 Å². The van der Waals surface area contributed by atoms with Gasteiger partial charge in [-0.15, -0.1) is 0 Å². The van der Waals surface area contributed by atoms with E-state index in [9.17, 15) is 0 Å². The topological polar surface area (TPSA) is 0 Å². The molecule has 0 unspecified atom stereocenters. The van der Waals surface area contributed by atoms with E-state index in [1.807, 2.05) is 0 Å². The van der Waals surface area contributed by atoms with Crippen LogP contribution in [-0.4, -0.2) is 0 Å². The average Bonchev–Trinajstić information content (AvgIpc) is 0. The van der Waals surface area contributed by atoms with Gasteiger partial charge in [0.25, 0.3) is 0 Å². The molecule has 0 atom stereocenters. The van der Waals surface area contributed by atoms with Crippen molar-refractivity contribution in [3.63, 3.8) is 0 Å². The molecule has 0 aromatic carbocycles.